The molecule has 1 aromatic heterocycles. The van der Waals surface area contributed by atoms with Gasteiger partial charge in [-0.15, -0.1) is 0 Å². The van der Waals surface area contributed by atoms with Crippen LogP contribution in [0.3, 0.4) is 0 Å². The van der Waals surface area contributed by atoms with E-state index < -0.39 is 12.0 Å². The van der Waals surface area contributed by atoms with Crippen molar-refractivity contribution in [3.8, 4) is 5.75 Å². The molecule has 0 unspecified atom stereocenters. The summed E-state index contributed by atoms with van der Waals surface area (Å²) in [6.45, 7) is 0. The number of aliphatic carboxylic acids is 1. The maximum Gasteiger partial charge on any atom is 0.329 e. The Morgan fingerprint density at radius 2 is 2.33 bits per heavy atom. The van der Waals surface area contributed by atoms with Crippen LogP contribution in [0.25, 0.3) is 11.1 Å². The minimum absolute atomic E-state index is 0.0922. The Balaban J connectivity index is 2.00. The third-order valence-corrected chi connectivity index (χ3v) is 3.53. The van der Waals surface area contributed by atoms with Crippen molar-refractivity contribution in [2.75, 3.05) is 5.75 Å². The Labute approximate surface area is 105 Å². The Morgan fingerprint density at radius 3 is 3.06 bits per heavy atom. The van der Waals surface area contributed by atoms with E-state index in [-0.39, 0.29) is 5.75 Å². The molecule has 0 radical (unpaired) electrons. The number of benzene rings is 1. The summed E-state index contributed by atoms with van der Waals surface area (Å²) in [5.41, 5.74) is 1.05. The summed E-state index contributed by atoms with van der Waals surface area (Å²) in [7, 11) is 0. The molecule has 3 rings (SSSR count). The van der Waals surface area contributed by atoms with Crippen molar-refractivity contribution < 1.29 is 19.4 Å². The summed E-state index contributed by atoms with van der Waals surface area (Å²) in [4.78, 5) is 19.0. The second kappa shape index (κ2) is 4.02. The number of hydrogen-bond acceptors (Lipinski definition) is 6. The fourth-order valence-electron chi connectivity index (χ4n) is 1.62. The van der Waals surface area contributed by atoms with Crippen LogP contribution in [-0.2, 0) is 4.79 Å². The zero-order chi connectivity index (χ0) is 12.7. The van der Waals surface area contributed by atoms with Gasteiger partial charge >= 0.3 is 5.97 Å². The number of oxazole rings is 1. The summed E-state index contributed by atoms with van der Waals surface area (Å²) < 4.78 is 5.45. The highest BCUT2D eigenvalue weighted by Gasteiger charge is 2.27. The van der Waals surface area contributed by atoms with E-state index in [4.69, 9.17) is 9.52 Å². The molecule has 0 saturated heterocycles. The van der Waals surface area contributed by atoms with Gasteiger partial charge in [-0.1, -0.05) is 11.8 Å². The molecule has 1 aliphatic rings. The highest BCUT2D eigenvalue weighted by molar-refractivity contribution is 8.14. The van der Waals surface area contributed by atoms with Crippen LogP contribution in [0.2, 0.25) is 0 Å². The van der Waals surface area contributed by atoms with Crippen molar-refractivity contribution in [3.63, 3.8) is 0 Å². The van der Waals surface area contributed by atoms with E-state index in [0.717, 1.165) is 0 Å². The molecule has 0 fully saturated rings. The van der Waals surface area contributed by atoms with E-state index >= 15 is 0 Å². The molecule has 0 amide bonds. The molecule has 0 spiro atoms. The molecule has 0 bridgehead atoms. The lowest BCUT2D eigenvalue weighted by molar-refractivity contribution is -0.137. The first-order chi connectivity index (χ1) is 8.63. The Kier molecular flexibility index (Phi) is 2.48. The normalized spacial score (nSPS) is 19.1. The van der Waals surface area contributed by atoms with Gasteiger partial charge in [0.25, 0.3) is 5.89 Å². The van der Waals surface area contributed by atoms with Gasteiger partial charge in [0.2, 0.25) is 0 Å². The van der Waals surface area contributed by atoms with Crippen molar-refractivity contribution in [2.45, 2.75) is 6.04 Å². The second-order valence-electron chi connectivity index (χ2n) is 3.77. The van der Waals surface area contributed by atoms with Crippen molar-refractivity contribution in [3.05, 3.63) is 24.1 Å². The van der Waals surface area contributed by atoms with Crippen molar-refractivity contribution in [1.29, 1.82) is 0 Å². The van der Waals surface area contributed by atoms with Crippen LogP contribution in [0.15, 0.2) is 27.6 Å². The van der Waals surface area contributed by atoms with Crippen LogP contribution in [0.4, 0.5) is 0 Å². The lowest BCUT2D eigenvalue weighted by Crippen LogP contribution is -2.17. The number of phenolic OH excluding ortho intramolecular Hbond substituents is 1. The van der Waals surface area contributed by atoms with Gasteiger partial charge in [-0.2, -0.15) is 0 Å². The van der Waals surface area contributed by atoms with Crippen LogP contribution >= 0.6 is 11.8 Å². The molecule has 18 heavy (non-hydrogen) atoms. The number of carboxylic acid groups (broad SMARTS) is 1. The van der Waals surface area contributed by atoms with Crippen LogP contribution in [-0.4, -0.2) is 38.0 Å². The van der Waals surface area contributed by atoms with Gasteiger partial charge < -0.3 is 14.6 Å². The molecule has 1 aliphatic heterocycles. The van der Waals surface area contributed by atoms with Gasteiger partial charge in [-0.3, -0.25) is 4.99 Å². The molecular formula is C11H8N2O4S. The third-order valence-electron chi connectivity index (χ3n) is 2.49. The van der Waals surface area contributed by atoms with E-state index in [9.17, 15) is 9.90 Å². The van der Waals surface area contributed by atoms with Crippen molar-refractivity contribution in [1.82, 2.24) is 4.98 Å². The van der Waals surface area contributed by atoms with Gasteiger partial charge in [0, 0.05) is 11.8 Å². The van der Waals surface area contributed by atoms with Crippen molar-refractivity contribution in [2.24, 2.45) is 4.99 Å². The maximum atomic E-state index is 10.8. The number of fused-ring (bicyclic) bond motifs is 1. The number of phenols is 1. The van der Waals surface area contributed by atoms with Gasteiger partial charge in [0.15, 0.2) is 16.7 Å². The van der Waals surface area contributed by atoms with Gasteiger partial charge in [-0.25, -0.2) is 9.78 Å². The zero-order valence-electron chi connectivity index (χ0n) is 9.03. The Hall–Kier alpha value is -2.02. The molecule has 7 heteroatoms. The van der Waals surface area contributed by atoms with E-state index in [0.29, 0.717) is 27.8 Å². The summed E-state index contributed by atoms with van der Waals surface area (Å²) in [5.74, 6) is -0.181. The standard InChI is InChI=1S/C11H8N2O4S/c14-5-1-2-6-8(3-5)17-9(12-6)10-13-7(4-18-10)11(15)16/h1-3,7,14H,4H2,(H,15,16)/t7-/m1/s1. The van der Waals surface area contributed by atoms with Crippen LogP contribution < -0.4 is 0 Å². The second-order valence-corrected chi connectivity index (χ2v) is 4.78. The largest absolute Gasteiger partial charge is 0.508 e. The van der Waals surface area contributed by atoms with Gasteiger partial charge in [0.1, 0.15) is 11.3 Å². The number of rotatable bonds is 2. The average Bonchev–Trinajstić information content (AvgIpc) is 2.93. The first-order valence-corrected chi connectivity index (χ1v) is 6.15. The van der Waals surface area contributed by atoms with Crippen LogP contribution in [0, 0.1) is 0 Å². The highest BCUT2D eigenvalue weighted by Crippen LogP contribution is 2.27. The Morgan fingerprint density at radius 1 is 1.50 bits per heavy atom. The predicted molar refractivity (Wildman–Crippen MR) is 66.1 cm³/mol. The number of nitrogens with zero attached hydrogens (tertiary/aromatic N) is 2. The molecule has 92 valence electrons. The quantitative estimate of drug-likeness (QED) is 0.852. The topological polar surface area (TPSA) is 95.9 Å². The monoisotopic (exact) mass is 264 g/mol. The van der Waals surface area contributed by atoms with E-state index in [2.05, 4.69) is 9.98 Å². The summed E-state index contributed by atoms with van der Waals surface area (Å²) in [5, 5.41) is 18.7. The highest BCUT2D eigenvalue weighted by atomic mass is 32.2. The minimum atomic E-state index is -0.953. The molecule has 2 N–H and O–H groups in total. The minimum Gasteiger partial charge on any atom is -0.508 e. The predicted octanol–water partition coefficient (Wildman–Crippen LogP) is 1.48. The molecule has 6 nitrogen and oxygen atoms in total. The fourth-order valence-corrected chi connectivity index (χ4v) is 2.57. The molecular weight excluding hydrogens is 256 g/mol. The zero-order valence-corrected chi connectivity index (χ0v) is 9.85. The van der Waals surface area contributed by atoms with Crippen molar-refractivity contribution >= 4 is 33.9 Å². The van der Waals surface area contributed by atoms with E-state index in [1.165, 1.54) is 23.9 Å². The number of thioether (sulfide) groups is 1. The fraction of sp³-hybridized carbons (Fsp3) is 0.182. The van der Waals surface area contributed by atoms with Crippen LogP contribution in [0.1, 0.15) is 5.89 Å². The van der Waals surface area contributed by atoms with Gasteiger partial charge in [-0.05, 0) is 12.1 Å². The molecule has 2 aromatic rings. The average molecular weight is 264 g/mol. The number of carboxylic acids is 1. The number of aliphatic imine (C=N–C) groups is 1. The summed E-state index contributed by atoms with van der Waals surface area (Å²) in [6, 6.07) is 3.86. The van der Waals surface area contributed by atoms with E-state index in [1.54, 1.807) is 6.07 Å². The summed E-state index contributed by atoms with van der Waals surface area (Å²) >= 11 is 1.30. The SMILES string of the molecule is O=C(O)[C@H]1CSC(c2nc3ccc(O)cc3o2)=N1. The van der Waals surface area contributed by atoms with Crippen LogP contribution in [0.5, 0.6) is 5.75 Å². The Bertz CT molecular complexity index is 664. The first-order valence-electron chi connectivity index (χ1n) is 5.17. The summed E-state index contributed by atoms with van der Waals surface area (Å²) in [6.07, 6.45) is 0. The van der Waals surface area contributed by atoms with E-state index in [1.807, 2.05) is 0 Å². The lowest BCUT2D eigenvalue weighted by Gasteiger charge is -1.93. The molecule has 0 aliphatic carbocycles. The first kappa shape index (κ1) is 11.1. The smallest absolute Gasteiger partial charge is 0.329 e. The third kappa shape index (κ3) is 1.82. The van der Waals surface area contributed by atoms with Gasteiger partial charge in [0.05, 0.1) is 0 Å². The molecule has 2 heterocycles. The molecule has 0 saturated carbocycles. The number of carbonyl (C=O) groups is 1. The molecule has 1 aromatic carbocycles. The maximum absolute atomic E-state index is 10.8. The lowest BCUT2D eigenvalue weighted by atomic mass is 10.3. The molecule has 1 atom stereocenters. The number of aromatic hydroxyl groups is 1. The number of aromatic nitrogens is 1. The number of hydrogen-bond donors (Lipinski definition) is 2.